The maximum atomic E-state index is 12.6. The first kappa shape index (κ1) is 23.3. The number of carbonyl (C=O) groups excluding carboxylic acids is 2. The molecule has 1 aromatic carbocycles. The van der Waals surface area contributed by atoms with Crippen LogP contribution < -0.4 is 20.9 Å². The Balaban J connectivity index is 1.68. The first-order valence-corrected chi connectivity index (χ1v) is 11.2. The molecule has 13 nitrogen and oxygen atoms in total. The van der Waals surface area contributed by atoms with Gasteiger partial charge in [-0.3, -0.25) is 14.0 Å². The molecule has 0 spiro atoms. The Hall–Kier alpha value is -4.87. The summed E-state index contributed by atoms with van der Waals surface area (Å²) < 4.78 is 30.7. The lowest BCUT2D eigenvalue weighted by Crippen LogP contribution is -2.17. The molecule has 35 heavy (non-hydrogen) atoms. The lowest BCUT2D eigenvalue weighted by molar-refractivity contribution is 0.0995. The van der Waals surface area contributed by atoms with E-state index in [1.165, 1.54) is 54.2 Å². The molecule has 0 atom stereocenters. The largest absolute Gasteiger partial charge is 0.480 e. The van der Waals surface area contributed by atoms with Crippen molar-refractivity contribution in [1.29, 1.82) is 0 Å². The average Bonchev–Trinajstić information content (AvgIpc) is 3.24. The van der Waals surface area contributed by atoms with Gasteiger partial charge in [-0.05, 0) is 36.3 Å². The number of carbonyl (C=O) groups is 2. The Morgan fingerprint density at radius 2 is 1.77 bits per heavy atom. The van der Waals surface area contributed by atoms with Crippen molar-refractivity contribution in [3.05, 3.63) is 71.4 Å². The fourth-order valence-electron chi connectivity index (χ4n) is 2.91. The number of anilines is 1. The second kappa shape index (κ2) is 9.17. The van der Waals surface area contributed by atoms with E-state index in [0.29, 0.717) is 11.5 Å². The highest BCUT2D eigenvalue weighted by Crippen LogP contribution is 2.17. The fraction of sp³-hybridized carbons (Fsp3) is 0.0476. The van der Waals surface area contributed by atoms with Crippen molar-refractivity contribution in [3.8, 4) is 17.7 Å². The summed E-state index contributed by atoms with van der Waals surface area (Å²) in [7, 11) is -2.74. The van der Waals surface area contributed by atoms with Crippen LogP contribution in [0.5, 0.6) is 5.88 Å². The molecule has 0 unspecified atom stereocenters. The first-order chi connectivity index (χ1) is 16.7. The summed E-state index contributed by atoms with van der Waals surface area (Å²) in [5, 5.41) is 15.7. The smallest absolute Gasteiger partial charge is 0.256 e. The second-order valence-electron chi connectivity index (χ2n) is 6.94. The number of hydrogen-bond donors (Lipinski definition) is 3. The molecule has 0 saturated heterocycles. The predicted molar refractivity (Wildman–Crippen MR) is 122 cm³/mol. The molecule has 5 N–H and O–H groups in total. The van der Waals surface area contributed by atoms with E-state index in [2.05, 4.69) is 37.3 Å². The van der Waals surface area contributed by atoms with Gasteiger partial charge in [-0.1, -0.05) is 5.92 Å². The summed E-state index contributed by atoms with van der Waals surface area (Å²) in [6.07, 6.45) is 3.94. The minimum atomic E-state index is -4.18. The number of methoxy groups -OCH3 is 1. The van der Waals surface area contributed by atoms with Gasteiger partial charge in [0, 0.05) is 11.1 Å². The summed E-state index contributed by atoms with van der Waals surface area (Å²) in [6, 6.07) is 6.88. The van der Waals surface area contributed by atoms with Crippen molar-refractivity contribution in [2.45, 2.75) is 4.90 Å². The maximum absolute atomic E-state index is 12.6. The third-order valence-corrected chi connectivity index (χ3v) is 5.57. The topological polar surface area (TPSA) is 198 Å². The van der Waals surface area contributed by atoms with Crippen molar-refractivity contribution in [2.24, 2.45) is 10.9 Å². The fourth-order valence-corrected chi connectivity index (χ4v) is 3.52. The number of nitrogens with one attached hydrogen (secondary N) is 1. The number of ether oxygens (including phenoxy) is 1. The van der Waals surface area contributed by atoms with Crippen LogP contribution in [-0.4, -0.2) is 51.9 Å². The Labute approximate surface area is 198 Å². The van der Waals surface area contributed by atoms with Gasteiger partial charge in [-0.25, -0.2) is 23.5 Å². The molecule has 0 fully saturated rings. The average molecular weight is 492 g/mol. The van der Waals surface area contributed by atoms with Crippen molar-refractivity contribution in [3.63, 3.8) is 0 Å². The van der Waals surface area contributed by atoms with Crippen LogP contribution in [0.4, 0.5) is 5.82 Å². The number of fused-ring (bicyclic) bond motifs is 1. The molecular weight excluding hydrogens is 476 g/mol. The maximum Gasteiger partial charge on any atom is 0.256 e. The molecule has 3 aromatic heterocycles. The minimum absolute atomic E-state index is 0.0163. The highest BCUT2D eigenvalue weighted by atomic mass is 32.2. The van der Waals surface area contributed by atoms with Crippen molar-refractivity contribution in [1.82, 2.24) is 24.6 Å². The molecule has 2 amide bonds. The quantitative estimate of drug-likeness (QED) is 0.319. The number of amides is 2. The summed E-state index contributed by atoms with van der Waals surface area (Å²) in [6.45, 7) is 0. The molecule has 3 heterocycles. The molecule has 176 valence electrons. The van der Waals surface area contributed by atoms with Crippen LogP contribution in [0.15, 0.2) is 53.8 Å². The van der Waals surface area contributed by atoms with Gasteiger partial charge < -0.3 is 15.8 Å². The van der Waals surface area contributed by atoms with Gasteiger partial charge in [-0.15, -0.1) is 10.2 Å². The Bertz CT molecular complexity index is 1640. The van der Waals surface area contributed by atoms with Crippen molar-refractivity contribution < 1.29 is 22.7 Å². The van der Waals surface area contributed by atoms with Gasteiger partial charge in [0.25, 0.3) is 5.91 Å². The summed E-state index contributed by atoms with van der Waals surface area (Å²) in [5.41, 5.74) is 6.02. The molecule has 14 heteroatoms. The zero-order chi connectivity index (χ0) is 25.2. The van der Waals surface area contributed by atoms with Crippen LogP contribution in [0.3, 0.4) is 0 Å². The third-order valence-electron chi connectivity index (χ3n) is 4.63. The van der Waals surface area contributed by atoms with E-state index in [0.717, 1.165) is 6.20 Å². The van der Waals surface area contributed by atoms with Crippen LogP contribution in [-0.2, 0) is 10.0 Å². The Morgan fingerprint density at radius 1 is 1.06 bits per heavy atom. The number of hydrogen-bond acceptors (Lipinski definition) is 9. The predicted octanol–water partition coefficient (Wildman–Crippen LogP) is -0.0737. The van der Waals surface area contributed by atoms with Crippen LogP contribution in [0.25, 0.3) is 5.65 Å². The van der Waals surface area contributed by atoms with E-state index in [1.807, 2.05) is 0 Å². The van der Waals surface area contributed by atoms with Crippen molar-refractivity contribution in [2.75, 3.05) is 12.4 Å². The summed E-state index contributed by atoms with van der Waals surface area (Å²) in [4.78, 5) is 31.4. The molecule has 4 aromatic rings. The molecule has 0 aliphatic rings. The zero-order valence-electron chi connectivity index (χ0n) is 18.0. The van der Waals surface area contributed by atoms with E-state index >= 15 is 0 Å². The van der Waals surface area contributed by atoms with E-state index in [-0.39, 0.29) is 33.2 Å². The van der Waals surface area contributed by atoms with E-state index < -0.39 is 21.8 Å². The van der Waals surface area contributed by atoms with Gasteiger partial charge >= 0.3 is 0 Å². The number of nitrogens with zero attached hydrogens (tertiary/aromatic N) is 5. The van der Waals surface area contributed by atoms with Crippen molar-refractivity contribution >= 4 is 33.3 Å². The lowest BCUT2D eigenvalue weighted by atomic mass is 10.1. The standard InChI is InChI=1S/C21H16N8O5S/c1-34-19-11-29-17(27-28-18(29)10-25-19)7-6-14-8-16(24-9-15(14)35(23,32)33)26-21(31)13-4-2-12(3-5-13)20(22)30/h2-5,8-11H,1H3,(H2,22,30)(H2,23,32,33)(H,24,26,31). The van der Waals surface area contributed by atoms with Gasteiger partial charge in [0.1, 0.15) is 10.7 Å². The van der Waals surface area contributed by atoms with Gasteiger partial charge in [0.05, 0.1) is 31.3 Å². The van der Waals surface area contributed by atoms with E-state index in [9.17, 15) is 18.0 Å². The summed E-state index contributed by atoms with van der Waals surface area (Å²) >= 11 is 0. The van der Waals surface area contributed by atoms with E-state index in [1.54, 1.807) is 0 Å². The number of rotatable bonds is 5. The lowest BCUT2D eigenvalue weighted by Gasteiger charge is -2.08. The molecule has 0 bridgehead atoms. The Kier molecular flexibility index (Phi) is 6.10. The second-order valence-corrected chi connectivity index (χ2v) is 8.47. The van der Waals surface area contributed by atoms with Crippen LogP contribution >= 0.6 is 0 Å². The summed E-state index contributed by atoms with van der Waals surface area (Å²) in [5.74, 6) is 4.72. The van der Waals surface area contributed by atoms with Crippen LogP contribution in [0.2, 0.25) is 0 Å². The number of primary sulfonamides is 1. The molecule has 0 saturated carbocycles. The molecule has 0 aliphatic carbocycles. The van der Waals surface area contributed by atoms with Crippen LogP contribution in [0, 0.1) is 11.8 Å². The number of pyridine rings is 1. The highest BCUT2D eigenvalue weighted by Gasteiger charge is 2.16. The SMILES string of the molecule is COc1cn2c(C#Cc3cc(NC(=O)c4ccc(C(N)=O)cc4)ncc3S(N)(=O)=O)nnc2cn1. The Morgan fingerprint density at radius 3 is 2.43 bits per heavy atom. The minimum Gasteiger partial charge on any atom is -0.480 e. The number of sulfonamides is 1. The molecular formula is C21H16N8O5S. The number of benzene rings is 1. The normalized spacial score (nSPS) is 10.9. The third kappa shape index (κ3) is 5.05. The monoisotopic (exact) mass is 492 g/mol. The van der Waals surface area contributed by atoms with E-state index in [4.69, 9.17) is 15.6 Å². The van der Waals surface area contributed by atoms with Gasteiger partial charge in [-0.2, -0.15) is 0 Å². The number of nitrogens with two attached hydrogens (primary N) is 2. The number of aromatic nitrogens is 5. The first-order valence-electron chi connectivity index (χ1n) is 9.66. The van der Waals surface area contributed by atoms with Crippen LogP contribution in [0.1, 0.15) is 32.1 Å². The molecule has 0 aliphatic heterocycles. The van der Waals surface area contributed by atoms with Gasteiger partial charge in [0.2, 0.25) is 27.6 Å². The number of primary amides is 1. The molecule has 0 radical (unpaired) electrons. The highest BCUT2D eigenvalue weighted by molar-refractivity contribution is 7.89. The molecule has 4 rings (SSSR count). The zero-order valence-corrected chi connectivity index (χ0v) is 18.8. The van der Waals surface area contributed by atoms with Gasteiger partial charge in [0.15, 0.2) is 5.65 Å².